The van der Waals surface area contributed by atoms with Crippen molar-refractivity contribution in [1.29, 1.82) is 0 Å². The average Bonchev–Trinajstić information content (AvgIpc) is 2.90. The highest BCUT2D eigenvalue weighted by molar-refractivity contribution is 14.1. The van der Waals surface area contributed by atoms with E-state index in [1.807, 2.05) is 22.6 Å². The highest BCUT2D eigenvalue weighted by Crippen LogP contribution is 2.20. The molecule has 0 saturated carbocycles. The summed E-state index contributed by atoms with van der Waals surface area (Å²) >= 11 is 2.03. The van der Waals surface area contributed by atoms with E-state index in [-0.39, 0.29) is 17.8 Å². The molecule has 2 aromatic heterocycles. The number of nitrogens with zero attached hydrogens (tertiary/aromatic N) is 2. The molecule has 0 saturated heterocycles. The van der Waals surface area contributed by atoms with E-state index < -0.39 is 5.97 Å². The summed E-state index contributed by atoms with van der Waals surface area (Å²) in [7, 11) is 0. The number of fused-ring (bicyclic) bond motifs is 1. The molecule has 0 fully saturated rings. The molecule has 3 aromatic rings. The maximum absolute atomic E-state index is 14.0. The van der Waals surface area contributed by atoms with Crippen molar-refractivity contribution in [1.82, 2.24) is 9.38 Å². The van der Waals surface area contributed by atoms with E-state index in [2.05, 4.69) is 4.98 Å². The van der Waals surface area contributed by atoms with Crippen LogP contribution in [0.15, 0.2) is 42.9 Å². The molecule has 2 heterocycles. The smallest absolute Gasteiger partial charge is 0.337 e. The Hall–Kier alpha value is -1.96. The number of benzene rings is 1. The molecule has 0 aliphatic rings. The maximum Gasteiger partial charge on any atom is 0.337 e. The topological polar surface area (TPSA) is 54.6 Å². The van der Waals surface area contributed by atoms with Crippen LogP contribution in [0.4, 0.5) is 4.39 Å². The molecular weight excluding hydrogens is 386 g/mol. The van der Waals surface area contributed by atoms with Gasteiger partial charge >= 0.3 is 5.97 Å². The molecule has 0 unspecified atom stereocenters. The van der Waals surface area contributed by atoms with Crippen LogP contribution in [0.3, 0.4) is 0 Å². The fourth-order valence-corrected chi connectivity index (χ4v) is 2.72. The number of pyridine rings is 1. The summed E-state index contributed by atoms with van der Waals surface area (Å²) in [5.74, 6) is -1.37. The molecule has 0 spiro atoms. The Bertz CT molecular complexity index is 845. The van der Waals surface area contributed by atoms with Gasteiger partial charge in [0.25, 0.3) is 0 Å². The number of aromatic carboxylic acids is 1. The summed E-state index contributed by atoms with van der Waals surface area (Å²) in [6.07, 6.45) is 3.37. The maximum atomic E-state index is 14.0. The highest BCUT2D eigenvalue weighted by atomic mass is 127. The summed E-state index contributed by atoms with van der Waals surface area (Å²) in [5, 5.41) is 9.33. The van der Waals surface area contributed by atoms with Crippen molar-refractivity contribution >= 4 is 34.1 Å². The second kappa shape index (κ2) is 5.44. The van der Waals surface area contributed by atoms with Gasteiger partial charge in [0.1, 0.15) is 5.82 Å². The van der Waals surface area contributed by atoms with Gasteiger partial charge in [-0.2, -0.15) is 0 Å². The fourth-order valence-electron chi connectivity index (χ4n) is 2.27. The number of carbonyl (C=O) groups is 1. The van der Waals surface area contributed by atoms with E-state index in [1.54, 1.807) is 35.1 Å². The lowest BCUT2D eigenvalue weighted by Gasteiger charge is -2.10. The van der Waals surface area contributed by atoms with Crippen molar-refractivity contribution in [3.8, 4) is 0 Å². The highest BCUT2D eigenvalue weighted by Gasteiger charge is 2.16. The van der Waals surface area contributed by atoms with Crippen LogP contribution in [-0.4, -0.2) is 20.5 Å². The zero-order chi connectivity index (χ0) is 15.0. The van der Waals surface area contributed by atoms with Crippen molar-refractivity contribution in [3.63, 3.8) is 0 Å². The lowest BCUT2D eigenvalue weighted by molar-refractivity contribution is 0.0695. The Morgan fingerprint density at radius 3 is 2.86 bits per heavy atom. The fraction of sp³-hybridized carbons (Fsp3) is 0.0667. The van der Waals surface area contributed by atoms with Crippen LogP contribution in [0.5, 0.6) is 0 Å². The van der Waals surface area contributed by atoms with Gasteiger partial charge in [-0.05, 0) is 52.4 Å². The van der Waals surface area contributed by atoms with E-state index in [9.17, 15) is 14.3 Å². The van der Waals surface area contributed by atoms with Crippen LogP contribution in [0.25, 0.3) is 5.52 Å². The number of hydrogen-bond donors (Lipinski definition) is 1. The van der Waals surface area contributed by atoms with Gasteiger partial charge in [0, 0.05) is 15.7 Å². The summed E-state index contributed by atoms with van der Waals surface area (Å²) in [6.45, 7) is 0. The number of imidazole rings is 1. The molecule has 1 aromatic carbocycles. The van der Waals surface area contributed by atoms with E-state index >= 15 is 0 Å². The quantitative estimate of drug-likeness (QED) is 0.691. The summed E-state index contributed by atoms with van der Waals surface area (Å²) in [5.41, 5.74) is 1.90. The molecule has 6 heteroatoms. The SMILES string of the molecule is O=C(O)c1ccc2cncn2c1Cc1ccc(I)cc1F. The van der Waals surface area contributed by atoms with Gasteiger partial charge in [-0.3, -0.25) is 0 Å². The second-order valence-corrected chi connectivity index (χ2v) is 5.85. The Morgan fingerprint density at radius 1 is 1.33 bits per heavy atom. The van der Waals surface area contributed by atoms with Gasteiger partial charge in [0.2, 0.25) is 0 Å². The molecule has 0 atom stereocenters. The zero-order valence-electron chi connectivity index (χ0n) is 10.8. The second-order valence-electron chi connectivity index (χ2n) is 4.60. The van der Waals surface area contributed by atoms with Gasteiger partial charge in [0.15, 0.2) is 0 Å². The molecule has 0 radical (unpaired) electrons. The lowest BCUT2D eigenvalue weighted by atomic mass is 10.0. The molecule has 0 amide bonds. The Morgan fingerprint density at radius 2 is 2.14 bits per heavy atom. The number of carboxylic acid groups (broad SMARTS) is 1. The molecule has 1 N–H and O–H groups in total. The monoisotopic (exact) mass is 396 g/mol. The molecule has 106 valence electrons. The van der Waals surface area contributed by atoms with Crippen LogP contribution >= 0.6 is 22.6 Å². The van der Waals surface area contributed by atoms with Crippen molar-refractivity contribution < 1.29 is 14.3 Å². The third kappa shape index (κ3) is 2.63. The first kappa shape index (κ1) is 14.0. The van der Waals surface area contributed by atoms with Gasteiger partial charge in [0.05, 0.1) is 23.6 Å². The van der Waals surface area contributed by atoms with E-state index in [0.29, 0.717) is 11.3 Å². The third-order valence-corrected chi connectivity index (χ3v) is 3.96. The van der Waals surface area contributed by atoms with Crippen LogP contribution < -0.4 is 0 Å². The van der Waals surface area contributed by atoms with Gasteiger partial charge in [-0.15, -0.1) is 0 Å². The van der Waals surface area contributed by atoms with Crippen LogP contribution in [0.1, 0.15) is 21.6 Å². The first-order valence-electron chi connectivity index (χ1n) is 6.17. The first-order valence-corrected chi connectivity index (χ1v) is 7.25. The van der Waals surface area contributed by atoms with Crippen LogP contribution in [0.2, 0.25) is 0 Å². The van der Waals surface area contributed by atoms with Crippen LogP contribution in [-0.2, 0) is 6.42 Å². The summed E-state index contributed by atoms with van der Waals surface area (Å²) < 4.78 is 16.5. The predicted octanol–water partition coefficient (Wildman–Crippen LogP) is 3.37. The normalized spacial score (nSPS) is 11.0. The number of aromatic nitrogens is 2. The Labute approximate surface area is 133 Å². The standard InChI is InChI=1S/C15H10FIN2O2/c16-13-6-10(17)2-1-9(13)5-14-12(15(20)21)4-3-11-7-18-8-19(11)14/h1-4,6-8H,5H2,(H,20,21). The van der Waals surface area contributed by atoms with Gasteiger partial charge < -0.3 is 9.51 Å². The molecule has 0 bridgehead atoms. The van der Waals surface area contributed by atoms with Crippen molar-refractivity contribution in [2.45, 2.75) is 6.42 Å². The van der Waals surface area contributed by atoms with E-state index in [0.717, 1.165) is 9.09 Å². The van der Waals surface area contributed by atoms with Crippen molar-refractivity contribution in [2.75, 3.05) is 0 Å². The molecule has 3 rings (SSSR count). The zero-order valence-corrected chi connectivity index (χ0v) is 12.9. The minimum absolute atomic E-state index is 0.151. The van der Waals surface area contributed by atoms with Gasteiger partial charge in [-0.25, -0.2) is 14.2 Å². The Balaban J connectivity index is 2.16. The number of rotatable bonds is 3. The van der Waals surface area contributed by atoms with Gasteiger partial charge in [-0.1, -0.05) is 6.07 Å². The molecule has 0 aliphatic carbocycles. The van der Waals surface area contributed by atoms with E-state index in [1.165, 1.54) is 12.1 Å². The molecule has 21 heavy (non-hydrogen) atoms. The summed E-state index contributed by atoms with van der Waals surface area (Å²) in [6, 6.07) is 8.12. The number of halogens is 2. The largest absolute Gasteiger partial charge is 0.478 e. The van der Waals surface area contributed by atoms with Crippen molar-refractivity contribution in [3.05, 3.63) is 69.1 Å². The first-order chi connectivity index (χ1) is 10.1. The van der Waals surface area contributed by atoms with Crippen LogP contribution in [0, 0.1) is 9.39 Å². The Kier molecular flexibility index (Phi) is 3.62. The van der Waals surface area contributed by atoms with E-state index in [4.69, 9.17) is 0 Å². The molecule has 0 aliphatic heterocycles. The average molecular weight is 396 g/mol. The number of carboxylic acids is 1. The third-order valence-electron chi connectivity index (χ3n) is 3.29. The van der Waals surface area contributed by atoms with Crippen molar-refractivity contribution in [2.24, 2.45) is 0 Å². The molecular formula is C15H10FIN2O2. The predicted molar refractivity (Wildman–Crippen MR) is 84.1 cm³/mol. The minimum Gasteiger partial charge on any atom is -0.478 e. The minimum atomic E-state index is -1.04. The number of hydrogen-bond acceptors (Lipinski definition) is 2. The summed E-state index contributed by atoms with van der Waals surface area (Å²) in [4.78, 5) is 15.4. The molecule has 4 nitrogen and oxygen atoms in total. The lowest BCUT2D eigenvalue weighted by Crippen LogP contribution is -2.09.